The number of nitrogens with zero attached hydrogens (tertiary/aromatic N) is 1. The predicted octanol–water partition coefficient (Wildman–Crippen LogP) is 2.45. The lowest BCUT2D eigenvalue weighted by Crippen LogP contribution is -2.44. The van der Waals surface area contributed by atoms with E-state index in [1.165, 1.54) is 4.90 Å². The van der Waals surface area contributed by atoms with Gasteiger partial charge in [0.2, 0.25) is 5.91 Å². The Morgan fingerprint density at radius 3 is 2.26 bits per heavy atom. The first kappa shape index (κ1) is 22.2. The van der Waals surface area contributed by atoms with Gasteiger partial charge >= 0.3 is 5.97 Å². The molecule has 3 rings (SSSR count). The van der Waals surface area contributed by atoms with E-state index in [0.717, 1.165) is 5.56 Å². The second kappa shape index (κ2) is 10.5. The molecule has 0 saturated carbocycles. The van der Waals surface area contributed by atoms with E-state index in [1.54, 1.807) is 30.3 Å². The van der Waals surface area contributed by atoms with E-state index in [-0.39, 0.29) is 30.4 Å². The lowest BCUT2D eigenvalue weighted by atomic mass is 9.98. The average molecular weight is 422 g/mol. The number of benzene rings is 2. The zero-order valence-corrected chi connectivity index (χ0v) is 17.2. The Kier molecular flexibility index (Phi) is 7.54. The first-order chi connectivity index (χ1) is 15.0. The summed E-state index contributed by atoms with van der Waals surface area (Å²) in [5, 5.41) is 12.1. The van der Waals surface area contributed by atoms with Gasteiger partial charge < -0.3 is 15.3 Å². The average Bonchev–Trinajstić information content (AvgIpc) is 3.28. The topological polar surface area (TPSA) is 104 Å². The summed E-state index contributed by atoms with van der Waals surface area (Å²) >= 11 is 0. The van der Waals surface area contributed by atoms with Gasteiger partial charge in [0.25, 0.3) is 5.91 Å². The Balaban J connectivity index is 1.66. The van der Waals surface area contributed by atoms with Crippen molar-refractivity contribution in [2.24, 2.45) is 0 Å². The van der Waals surface area contributed by atoms with E-state index in [9.17, 15) is 24.3 Å². The van der Waals surface area contributed by atoms with Crippen LogP contribution in [0.3, 0.4) is 0 Å². The number of Topliss-reactive ketones (excluding diaryl/α,β-unsaturated/α-hetero) is 1. The van der Waals surface area contributed by atoms with Gasteiger partial charge in [-0.05, 0) is 37.0 Å². The number of carboxylic acids is 1. The molecular weight excluding hydrogens is 396 g/mol. The molecule has 7 nitrogen and oxygen atoms in total. The molecule has 1 aliphatic heterocycles. The van der Waals surface area contributed by atoms with Crippen molar-refractivity contribution in [3.05, 3.63) is 71.8 Å². The molecule has 1 saturated heterocycles. The van der Waals surface area contributed by atoms with Crippen LogP contribution >= 0.6 is 0 Å². The maximum atomic E-state index is 12.9. The minimum absolute atomic E-state index is 0.0613. The summed E-state index contributed by atoms with van der Waals surface area (Å²) in [6, 6.07) is 16.4. The molecule has 0 unspecified atom stereocenters. The fourth-order valence-corrected chi connectivity index (χ4v) is 3.80. The summed E-state index contributed by atoms with van der Waals surface area (Å²) in [7, 11) is 0. The van der Waals surface area contributed by atoms with Gasteiger partial charge in [-0.3, -0.25) is 14.4 Å². The Morgan fingerprint density at radius 1 is 0.968 bits per heavy atom. The van der Waals surface area contributed by atoms with Gasteiger partial charge in [-0.15, -0.1) is 0 Å². The third-order valence-electron chi connectivity index (χ3n) is 5.46. The van der Waals surface area contributed by atoms with E-state index >= 15 is 0 Å². The van der Waals surface area contributed by atoms with Gasteiger partial charge in [0.1, 0.15) is 6.04 Å². The third-order valence-corrected chi connectivity index (χ3v) is 5.46. The highest BCUT2D eigenvalue weighted by atomic mass is 16.4. The number of rotatable bonds is 9. The van der Waals surface area contributed by atoms with E-state index in [4.69, 9.17) is 0 Å². The third kappa shape index (κ3) is 6.01. The number of carbonyl (C=O) groups is 4. The Labute approximate surface area is 181 Å². The minimum atomic E-state index is -1.02. The maximum Gasteiger partial charge on any atom is 0.326 e. The second-order valence-corrected chi connectivity index (χ2v) is 7.63. The van der Waals surface area contributed by atoms with Crippen molar-refractivity contribution in [3.63, 3.8) is 0 Å². The number of carboxylic acid groups (broad SMARTS) is 1. The van der Waals surface area contributed by atoms with Crippen molar-refractivity contribution >= 4 is 23.6 Å². The number of likely N-dealkylation sites (tertiary alicyclic amines) is 1. The number of nitrogens with one attached hydrogen (secondary N) is 1. The van der Waals surface area contributed by atoms with E-state index in [0.29, 0.717) is 31.4 Å². The van der Waals surface area contributed by atoms with Crippen molar-refractivity contribution in [1.29, 1.82) is 0 Å². The summed E-state index contributed by atoms with van der Waals surface area (Å²) in [5.74, 6) is -1.97. The molecule has 1 fully saturated rings. The van der Waals surface area contributed by atoms with Gasteiger partial charge in [0, 0.05) is 24.9 Å². The summed E-state index contributed by atoms with van der Waals surface area (Å²) in [6.45, 7) is 0.391. The van der Waals surface area contributed by atoms with Gasteiger partial charge in [0.05, 0.1) is 6.04 Å². The monoisotopic (exact) mass is 422 g/mol. The molecule has 2 N–H and O–H groups in total. The molecule has 2 atom stereocenters. The van der Waals surface area contributed by atoms with Crippen molar-refractivity contribution in [2.75, 3.05) is 6.54 Å². The van der Waals surface area contributed by atoms with Gasteiger partial charge in [-0.25, -0.2) is 4.79 Å². The molecule has 1 heterocycles. The highest BCUT2D eigenvalue weighted by molar-refractivity contribution is 5.98. The SMILES string of the molecule is O=C(N[C@@H](Cc1ccccc1)C(=O)CCC(=O)N1CCC[C@@H]1C(=O)O)c1ccccc1. The number of aliphatic carboxylic acids is 1. The zero-order chi connectivity index (χ0) is 22.2. The van der Waals surface area contributed by atoms with Crippen LogP contribution in [-0.4, -0.2) is 52.2 Å². The first-order valence-corrected chi connectivity index (χ1v) is 10.4. The second-order valence-electron chi connectivity index (χ2n) is 7.63. The van der Waals surface area contributed by atoms with Crippen molar-refractivity contribution in [1.82, 2.24) is 10.2 Å². The summed E-state index contributed by atoms with van der Waals surface area (Å²) < 4.78 is 0. The van der Waals surface area contributed by atoms with Crippen LogP contribution < -0.4 is 5.32 Å². The van der Waals surface area contributed by atoms with E-state index in [1.807, 2.05) is 30.3 Å². The quantitative estimate of drug-likeness (QED) is 0.646. The van der Waals surface area contributed by atoms with Crippen LogP contribution in [0.15, 0.2) is 60.7 Å². The van der Waals surface area contributed by atoms with Crippen LogP contribution in [0.5, 0.6) is 0 Å². The number of hydrogen-bond acceptors (Lipinski definition) is 4. The molecule has 0 radical (unpaired) electrons. The molecule has 0 bridgehead atoms. The molecule has 162 valence electrons. The van der Waals surface area contributed by atoms with E-state index in [2.05, 4.69) is 5.32 Å². The summed E-state index contributed by atoms with van der Waals surface area (Å²) in [5.41, 5.74) is 1.34. The molecule has 7 heteroatoms. The Hall–Kier alpha value is -3.48. The van der Waals surface area contributed by atoms with Crippen molar-refractivity contribution < 1.29 is 24.3 Å². The predicted molar refractivity (Wildman–Crippen MR) is 114 cm³/mol. The standard InChI is InChI=1S/C24H26N2O5/c27-21(13-14-22(28)26-15-7-12-20(26)24(30)31)19(16-17-8-3-1-4-9-17)25-23(29)18-10-5-2-6-11-18/h1-6,8-11,19-20H,7,12-16H2,(H,25,29)(H,30,31)/t19-,20+/m0/s1. The van der Waals surface area contributed by atoms with Crippen LogP contribution in [0.1, 0.15) is 41.6 Å². The number of ketones is 1. The molecule has 0 spiro atoms. The Bertz CT molecular complexity index is 930. The van der Waals surface area contributed by atoms with Crippen molar-refractivity contribution in [2.45, 2.75) is 44.2 Å². The summed E-state index contributed by atoms with van der Waals surface area (Å²) in [4.78, 5) is 50.7. The van der Waals surface area contributed by atoms with Gasteiger partial charge in [-0.2, -0.15) is 0 Å². The van der Waals surface area contributed by atoms with Gasteiger partial charge in [0.15, 0.2) is 5.78 Å². The number of amides is 2. The minimum Gasteiger partial charge on any atom is -0.480 e. The van der Waals surface area contributed by atoms with Gasteiger partial charge in [-0.1, -0.05) is 48.5 Å². The van der Waals surface area contributed by atoms with Crippen LogP contribution in [0.2, 0.25) is 0 Å². The molecular formula is C24H26N2O5. The van der Waals surface area contributed by atoms with Crippen LogP contribution in [0, 0.1) is 0 Å². The van der Waals surface area contributed by atoms with Crippen LogP contribution in [0.25, 0.3) is 0 Å². The lowest BCUT2D eigenvalue weighted by molar-refractivity contribution is -0.148. The molecule has 0 aromatic heterocycles. The summed E-state index contributed by atoms with van der Waals surface area (Å²) in [6.07, 6.45) is 1.25. The fourth-order valence-electron chi connectivity index (χ4n) is 3.80. The highest BCUT2D eigenvalue weighted by Gasteiger charge is 2.34. The zero-order valence-electron chi connectivity index (χ0n) is 17.2. The molecule has 2 aromatic carbocycles. The van der Waals surface area contributed by atoms with Crippen LogP contribution in [0.4, 0.5) is 0 Å². The van der Waals surface area contributed by atoms with E-state index < -0.39 is 18.1 Å². The van der Waals surface area contributed by atoms with Crippen LogP contribution in [-0.2, 0) is 20.8 Å². The number of carbonyl (C=O) groups excluding carboxylic acids is 3. The number of hydrogen-bond donors (Lipinski definition) is 2. The normalized spacial score (nSPS) is 16.5. The first-order valence-electron chi connectivity index (χ1n) is 10.4. The molecule has 1 aliphatic rings. The fraction of sp³-hybridized carbons (Fsp3) is 0.333. The molecule has 0 aliphatic carbocycles. The molecule has 2 aromatic rings. The van der Waals surface area contributed by atoms with Crippen molar-refractivity contribution in [3.8, 4) is 0 Å². The Morgan fingerprint density at radius 2 is 1.61 bits per heavy atom. The largest absolute Gasteiger partial charge is 0.480 e. The highest BCUT2D eigenvalue weighted by Crippen LogP contribution is 2.19. The molecule has 31 heavy (non-hydrogen) atoms. The molecule has 2 amide bonds. The maximum absolute atomic E-state index is 12.9. The smallest absolute Gasteiger partial charge is 0.326 e. The lowest BCUT2D eigenvalue weighted by Gasteiger charge is -2.22.